The average Bonchev–Trinajstić information content (AvgIpc) is 3.12. The summed E-state index contributed by atoms with van der Waals surface area (Å²) in [4.78, 5) is 15.1. The predicted molar refractivity (Wildman–Crippen MR) is 109 cm³/mol. The van der Waals surface area contributed by atoms with Crippen molar-refractivity contribution in [1.29, 1.82) is 0 Å². The fourth-order valence-corrected chi connectivity index (χ4v) is 3.82. The Balaban J connectivity index is 0.00000169. The molecule has 26 heavy (non-hydrogen) atoms. The lowest BCUT2D eigenvalue weighted by Crippen LogP contribution is -2.44. The van der Waals surface area contributed by atoms with Crippen LogP contribution in [0.25, 0.3) is 0 Å². The number of nitrogens with two attached hydrogens (primary N) is 1. The third-order valence-corrected chi connectivity index (χ3v) is 5.49. The second-order valence-corrected chi connectivity index (χ2v) is 7.03. The Morgan fingerprint density at radius 3 is 2.35 bits per heavy atom. The lowest BCUT2D eigenvalue weighted by atomic mass is 9.85. The van der Waals surface area contributed by atoms with Gasteiger partial charge in [-0.25, -0.2) is 0 Å². The lowest BCUT2D eigenvalue weighted by Gasteiger charge is -2.28. The van der Waals surface area contributed by atoms with Crippen molar-refractivity contribution in [3.05, 3.63) is 35.4 Å². The van der Waals surface area contributed by atoms with E-state index in [0.29, 0.717) is 13.1 Å². The number of ether oxygens (including phenoxy) is 1. The standard InChI is InChI=1S/C19H29N3O2.2ClH/c20-15-19(7-3-4-8-19)18(23)21-13-16-5-1-2-6-17(16)14-22-9-11-24-12-10-22;;/h1-2,5-6H,3-4,7-15,20H2,(H,21,23);2*1H. The summed E-state index contributed by atoms with van der Waals surface area (Å²) in [7, 11) is 0. The Morgan fingerprint density at radius 2 is 1.73 bits per heavy atom. The van der Waals surface area contributed by atoms with Crippen LogP contribution in [0.4, 0.5) is 0 Å². The lowest BCUT2D eigenvalue weighted by molar-refractivity contribution is -0.130. The van der Waals surface area contributed by atoms with Crippen molar-refractivity contribution >= 4 is 30.7 Å². The molecule has 0 radical (unpaired) electrons. The van der Waals surface area contributed by atoms with Gasteiger partial charge in [-0.2, -0.15) is 0 Å². The van der Waals surface area contributed by atoms with E-state index in [1.165, 1.54) is 11.1 Å². The molecular weight excluding hydrogens is 373 g/mol. The zero-order valence-corrected chi connectivity index (χ0v) is 16.9. The van der Waals surface area contributed by atoms with Gasteiger partial charge in [0, 0.05) is 32.7 Å². The van der Waals surface area contributed by atoms with Crippen LogP contribution < -0.4 is 11.1 Å². The van der Waals surface area contributed by atoms with Crippen LogP contribution in [0.1, 0.15) is 36.8 Å². The van der Waals surface area contributed by atoms with Crippen molar-refractivity contribution in [2.45, 2.75) is 38.8 Å². The molecule has 1 aliphatic heterocycles. The summed E-state index contributed by atoms with van der Waals surface area (Å²) >= 11 is 0. The van der Waals surface area contributed by atoms with Gasteiger partial charge in [-0.1, -0.05) is 37.1 Å². The van der Waals surface area contributed by atoms with Crippen molar-refractivity contribution < 1.29 is 9.53 Å². The molecule has 0 spiro atoms. The Bertz CT molecular complexity index is 559. The maximum atomic E-state index is 12.7. The van der Waals surface area contributed by atoms with E-state index < -0.39 is 0 Å². The molecule has 3 rings (SSSR count). The highest BCUT2D eigenvalue weighted by atomic mass is 35.5. The van der Waals surface area contributed by atoms with E-state index in [0.717, 1.165) is 58.5 Å². The minimum absolute atomic E-state index is 0. The number of benzene rings is 1. The van der Waals surface area contributed by atoms with E-state index in [4.69, 9.17) is 10.5 Å². The second kappa shape index (κ2) is 11.1. The Hall–Kier alpha value is -0.850. The minimum atomic E-state index is -0.334. The summed E-state index contributed by atoms with van der Waals surface area (Å²) < 4.78 is 5.42. The zero-order chi connectivity index (χ0) is 16.8. The molecule has 7 heteroatoms. The smallest absolute Gasteiger partial charge is 0.227 e. The third-order valence-electron chi connectivity index (χ3n) is 5.49. The molecule has 1 heterocycles. The predicted octanol–water partition coefficient (Wildman–Crippen LogP) is 2.50. The highest BCUT2D eigenvalue weighted by Crippen LogP contribution is 2.37. The summed E-state index contributed by atoms with van der Waals surface area (Å²) in [5.41, 5.74) is 8.06. The normalized spacial score (nSPS) is 19.3. The number of hydrogen-bond donors (Lipinski definition) is 2. The molecule has 1 aromatic carbocycles. The second-order valence-electron chi connectivity index (χ2n) is 7.03. The van der Waals surface area contributed by atoms with Crippen LogP contribution in [0.15, 0.2) is 24.3 Å². The number of amides is 1. The zero-order valence-electron chi connectivity index (χ0n) is 15.2. The molecule has 0 unspecified atom stereocenters. The number of nitrogens with zero attached hydrogens (tertiary/aromatic N) is 1. The number of carbonyl (C=O) groups excluding carboxylic acids is 1. The number of nitrogens with one attached hydrogen (secondary N) is 1. The average molecular weight is 404 g/mol. The largest absolute Gasteiger partial charge is 0.379 e. The first-order valence-electron chi connectivity index (χ1n) is 9.09. The maximum absolute atomic E-state index is 12.7. The molecular formula is C19H31Cl2N3O2. The van der Waals surface area contributed by atoms with Crippen LogP contribution in [0.3, 0.4) is 0 Å². The Kier molecular flexibility index (Phi) is 9.90. The van der Waals surface area contributed by atoms with Crippen LogP contribution in [0, 0.1) is 5.41 Å². The van der Waals surface area contributed by atoms with Crippen LogP contribution in [-0.2, 0) is 22.6 Å². The first-order chi connectivity index (χ1) is 11.7. The molecule has 1 saturated heterocycles. The van der Waals surface area contributed by atoms with Gasteiger partial charge in [0.15, 0.2) is 0 Å². The molecule has 0 bridgehead atoms. The number of halogens is 2. The highest BCUT2D eigenvalue weighted by molar-refractivity contribution is 5.85. The molecule has 3 N–H and O–H groups in total. The fraction of sp³-hybridized carbons (Fsp3) is 0.632. The van der Waals surface area contributed by atoms with Crippen molar-refractivity contribution in [2.24, 2.45) is 11.1 Å². The molecule has 1 saturated carbocycles. The molecule has 0 aromatic heterocycles. The van der Waals surface area contributed by atoms with Crippen molar-refractivity contribution in [3.8, 4) is 0 Å². The van der Waals surface area contributed by atoms with E-state index in [1.54, 1.807) is 0 Å². The van der Waals surface area contributed by atoms with E-state index >= 15 is 0 Å². The quantitative estimate of drug-likeness (QED) is 0.765. The van der Waals surface area contributed by atoms with Gasteiger partial charge in [0.05, 0.1) is 18.6 Å². The summed E-state index contributed by atoms with van der Waals surface area (Å²) in [6, 6.07) is 8.38. The topological polar surface area (TPSA) is 67.6 Å². The highest BCUT2D eigenvalue weighted by Gasteiger charge is 2.39. The Morgan fingerprint density at radius 1 is 1.12 bits per heavy atom. The maximum Gasteiger partial charge on any atom is 0.227 e. The van der Waals surface area contributed by atoms with E-state index in [-0.39, 0.29) is 36.1 Å². The number of hydrogen-bond acceptors (Lipinski definition) is 4. The molecule has 1 amide bonds. The van der Waals surface area contributed by atoms with Crippen molar-refractivity contribution in [2.75, 3.05) is 32.8 Å². The number of morpholine rings is 1. The summed E-state index contributed by atoms with van der Waals surface area (Å²) in [5, 5.41) is 3.15. The van der Waals surface area contributed by atoms with Crippen LogP contribution in [0.2, 0.25) is 0 Å². The Labute approximate surface area is 168 Å². The minimum Gasteiger partial charge on any atom is -0.379 e. The summed E-state index contributed by atoms with van der Waals surface area (Å²) in [5.74, 6) is 0.128. The van der Waals surface area contributed by atoms with Gasteiger partial charge in [0.2, 0.25) is 5.91 Å². The van der Waals surface area contributed by atoms with Crippen LogP contribution in [0.5, 0.6) is 0 Å². The number of rotatable bonds is 6. The van der Waals surface area contributed by atoms with Gasteiger partial charge in [-0.05, 0) is 24.0 Å². The number of carbonyl (C=O) groups is 1. The van der Waals surface area contributed by atoms with Gasteiger partial charge in [0.1, 0.15) is 0 Å². The first kappa shape index (κ1) is 23.2. The van der Waals surface area contributed by atoms with E-state index in [2.05, 4.69) is 28.4 Å². The molecule has 0 atom stereocenters. The van der Waals surface area contributed by atoms with Gasteiger partial charge >= 0.3 is 0 Å². The monoisotopic (exact) mass is 403 g/mol. The van der Waals surface area contributed by atoms with Gasteiger partial charge in [-0.3, -0.25) is 9.69 Å². The summed E-state index contributed by atoms with van der Waals surface area (Å²) in [6.45, 7) is 5.50. The molecule has 2 fully saturated rings. The van der Waals surface area contributed by atoms with Crippen molar-refractivity contribution in [1.82, 2.24) is 10.2 Å². The fourth-order valence-electron chi connectivity index (χ4n) is 3.82. The van der Waals surface area contributed by atoms with Gasteiger partial charge < -0.3 is 15.8 Å². The molecule has 1 aliphatic carbocycles. The van der Waals surface area contributed by atoms with Crippen LogP contribution >= 0.6 is 24.8 Å². The van der Waals surface area contributed by atoms with E-state index in [1.807, 2.05) is 6.07 Å². The van der Waals surface area contributed by atoms with Crippen LogP contribution in [-0.4, -0.2) is 43.7 Å². The van der Waals surface area contributed by atoms with Gasteiger partial charge in [-0.15, -0.1) is 24.8 Å². The molecule has 1 aromatic rings. The first-order valence-corrected chi connectivity index (χ1v) is 9.09. The van der Waals surface area contributed by atoms with Crippen molar-refractivity contribution in [3.63, 3.8) is 0 Å². The SMILES string of the molecule is Cl.Cl.NCC1(C(=O)NCc2ccccc2CN2CCOCC2)CCCC1. The third kappa shape index (κ3) is 5.57. The van der Waals surface area contributed by atoms with E-state index in [9.17, 15) is 4.79 Å². The molecule has 2 aliphatic rings. The molecule has 5 nitrogen and oxygen atoms in total. The van der Waals surface area contributed by atoms with Gasteiger partial charge in [0.25, 0.3) is 0 Å². The molecule has 148 valence electrons. The summed E-state index contributed by atoms with van der Waals surface area (Å²) in [6.07, 6.45) is 4.06.